The van der Waals surface area contributed by atoms with Gasteiger partial charge in [0.1, 0.15) is 5.82 Å². The summed E-state index contributed by atoms with van der Waals surface area (Å²) < 4.78 is 5.44. The molecular formula is C18H18N4O5S. The maximum absolute atomic E-state index is 12.8. The number of carbonyl (C=O) groups is 1. The number of nitrogens with one attached hydrogen (secondary N) is 3. The lowest BCUT2D eigenvalue weighted by atomic mass is 9.81. The Kier molecular flexibility index (Phi) is 5.14. The van der Waals surface area contributed by atoms with Crippen LogP contribution in [-0.2, 0) is 9.53 Å². The number of anilines is 1. The monoisotopic (exact) mass is 402 g/mol. The van der Waals surface area contributed by atoms with Gasteiger partial charge in [0, 0.05) is 17.3 Å². The van der Waals surface area contributed by atoms with E-state index in [9.17, 15) is 19.7 Å². The van der Waals surface area contributed by atoms with Crippen LogP contribution in [0.4, 0.5) is 11.5 Å². The fourth-order valence-corrected chi connectivity index (χ4v) is 3.44. The number of H-pyrrole nitrogens is 2. The van der Waals surface area contributed by atoms with Gasteiger partial charge >= 0.3 is 5.97 Å². The van der Waals surface area contributed by atoms with E-state index < -0.39 is 28.5 Å². The van der Waals surface area contributed by atoms with E-state index >= 15 is 0 Å². The predicted molar refractivity (Wildman–Crippen MR) is 105 cm³/mol. The highest BCUT2D eigenvalue weighted by Crippen LogP contribution is 2.42. The number of hydrogen-bond acceptors (Lipinski definition) is 7. The third-order valence-electron chi connectivity index (χ3n) is 4.28. The second-order valence-electron chi connectivity index (χ2n) is 6.56. The zero-order valence-electron chi connectivity index (χ0n) is 15.4. The maximum atomic E-state index is 12.8. The van der Waals surface area contributed by atoms with Gasteiger partial charge in [-0.1, -0.05) is 18.2 Å². The summed E-state index contributed by atoms with van der Waals surface area (Å²) in [5.41, 5.74) is 0.135. The Morgan fingerprint density at radius 3 is 2.61 bits per heavy atom. The molecule has 0 fully saturated rings. The van der Waals surface area contributed by atoms with Crippen molar-refractivity contribution in [2.24, 2.45) is 0 Å². The van der Waals surface area contributed by atoms with E-state index in [4.69, 9.17) is 17.0 Å². The summed E-state index contributed by atoms with van der Waals surface area (Å²) in [5, 5.41) is 14.6. The Morgan fingerprint density at radius 2 is 1.96 bits per heavy atom. The van der Waals surface area contributed by atoms with Crippen LogP contribution in [0.5, 0.6) is 0 Å². The van der Waals surface area contributed by atoms with Gasteiger partial charge in [0.2, 0.25) is 0 Å². The molecule has 0 aliphatic carbocycles. The fourth-order valence-electron chi connectivity index (χ4n) is 3.24. The normalized spacial score (nSPS) is 15.8. The first-order chi connectivity index (χ1) is 13.2. The molecule has 0 amide bonds. The first-order valence-electron chi connectivity index (χ1n) is 8.49. The quantitative estimate of drug-likeness (QED) is 0.310. The van der Waals surface area contributed by atoms with E-state index in [2.05, 4.69) is 15.3 Å². The van der Waals surface area contributed by atoms with Crippen LogP contribution >= 0.6 is 12.2 Å². The molecule has 1 aliphatic heterocycles. The molecule has 2 aromatic rings. The maximum Gasteiger partial charge on any atom is 0.337 e. The molecule has 0 bridgehead atoms. The standard InChI is InChI=1S/C18H18N4O5S/c1-8(2)27-17(24)12-9(3)19-15-14(16(23)21-18(28)20-15)13(12)10-6-4-5-7-11(10)22(25)26/h4-8,13H,1-3H3,(H3,19,20,21,23,28)/t13-/m1/s1. The number of esters is 1. The minimum absolute atomic E-state index is 0.0959. The molecule has 2 heterocycles. The SMILES string of the molecule is CC1=C(C(=O)OC(C)C)[C@@H](c2ccccc2[N+](=O)[O-])c2c([nH]c(=S)[nH]c2=O)N1. The molecular weight excluding hydrogens is 384 g/mol. The van der Waals surface area contributed by atoms with Crippen LogP contribution in [0.15, 0.2) is 40.3 Å². The van der Waals surface area contributed by atoms with Crippen molar-refractivity contribution in [1.29, 1.82) is 0 Å². The molecule has 0 saturated heterocycles. The van der Waals surface area contributed by atoms with Gasteiger partial charge in [0.15, 0.2) is 4.77 Å². The van der Waals surface area contributed by atoms with E-state index in [0.717, 1.165) is 0 Å². The molecule has 0 unspecified atom stereocenters. The second kappa shape index (κ2) is 7.39. The van der Waals surface area contributed by atoms with E-state index in [0.29, 0.717) is 5.70 Å². The van der Waals surface area contributed by atoms with Crippen LogP contribution in [0.1, 0.15) is 37.8 Å². The van der Waals surface area contributed by atoms with Crippen molar-refractivity contribution in [1.82, 2.24) is 9.97 Å². The number of ether oxygens (including phenoxy) is 1. The minimum atomic E-state index is -1.00. The van der Waals surface area contributed by atoms with E-state index in [1.165, 1.54) is 18.2 Å². The molecule has 3 N–H and O–H groups in total. The summed E-state index contributed by atoms with van der Waals surface area (Å²) in [7, 11) is 0. The molecule has 28 heavy (non-hydrogen) atoms. The zero-order valence-corrected chi connectivity index (χ0v) is 16.2. The first kappa shape index (κ1) is 19.5. The summed E-state index contributed by atoms with van der Waals surface area (Å²) in [6.45, 7) is 5.03. The third-order valence-corrected chi connectivity index (χ3v) is 4.48. The number of benzene rings is 1. The van der Waals surface area contributed by atoms with Crippen LogP contribution in [0, 0.1) is 14.9 Å². The van der Waals surface area contributed by atoms with Crippen LogP contribution < -0.4 is 10.9 Å². The van der Waals surface area contributed by atoms with Crippen molar-refractivity contribution in [2.75, 3.05) is 5.32 Å². The molecule has 1 aliphatic rings. The largest absolute Gasteiger partial charge is 0.460 e. The van der Waals surface area contributed by atoms with Gasteiger partial charge in [-0.15, -0.1) is 0 Å². The highest BCUT2D eigenvalue weighted by Gasteiger charge is 2.39. The molecule has 9 nitrogen and oxygen atoms in total. The summed E-state index contributed by atoms with van der Waals surface area (Å²) in [6.07, 6.45) is -0.402. The summed E-state index contributed by atoms with van der Waals surface area (Å²) in [5.74, 6) is -1.37. The van der Waals surface area contributed by atoms with Crippen LogP contribution in [0.25, 0.3) is 0 Å². The predicted octanol–water partition coefficient (Wildman–Crippen LogP) is 3.12. The Balaban J connectivity index is 2.34. The van der Waals surface area contributed by atoms with Gasteiger partial charge in [-0.25, -0.2) is 4.79 Å². The van der Waals surface area contributed by atoms with Crippen molar-refractivity contribution in [3.63, 3.8) is 0 Å². The van der Waals surface area contributed by atoms with Gasteiger partial charge in [-0.3, -0.25) is 19.9 Å². The van der Waals surface area contributed by atoms with E-state index in [1.54, 1.807) is 26.8 Å². The Labute approximate surface area is 164 Å². The molecule has 1 aromatic heterocycles. The molecule has 1 aromatic carbocycles. The average molecular weight is 402 g/mol. The van der Waals surface area contributed by atoms with Gasteiger partial charge < -0.3 is 15.0 Å². The van der Waals surface area contributed by atoms with Crippen LogP contribution in [0.3, 0.4) is 0 Å². The van der Waals surface area contributed by atoms with Crippen LogP contribution in [0.2, 0.25) is 0 Å². The van der Waals surface area contributed by atoms with Gasteiger partial charge in [-0.05, 0) is 33.0 Å². The summed E-state index contributed by atoms with van der Waals surface area (Å²) in [6, 6.07) is 5.99. The number of allylic oxidation sites excluding steroid dienone is 1. The van der Waals surface area contributed by atoms with Crippen LogP contribution in [-0.4, -0.2) is 27.0 Å². The summed E-state index contributed by atoms with van der Waals surface area (Å²) in [4.78, 5) is 41.9. The number of carbonyl (C=O) groups excluding carboxylic acids is 1. The fraction of sp³-hybridized carbons (Fsp3) is 0.278. The third kappa shape index (κ3) is 3.46. The molecule has 146 valence electrons. The zero-order chi connectivity index (χ0) is 20.6. The minimum Gasteiger partial charge on any atom is -0.460 e. The van der Waals surface area contributed by atoms with Crippen molar-refractivity contribution in [3.8, 4) is 0 Å². The second-order valence-corrected chi connectivity index (χ2v) is 6.97. The summed E-state index contributed by atoms with van der Waals surface area (Å²) >= 11 is 5.02. The smallest absolute Gasteiger partial charge is 0.337 e. The number of fused-ring (bicyclic) bond motifs is 1. The number of para-hydroxylation sites is 1. The molecule has 10 heteroatoms. The topological polar surface area (TPSA) is 130 Å². The highest BCUT2D eigenvalue weighted by molar-refractivity contribution is 7.71. The lowest BCUT2D eigenvalue weighted by molar-refractivity contribution is -0.385. The number of nitro groups is 1. The first-order valence-corrected chi connectivity index (χ1v) is 8.90. The Hall–Kier alpha value is -3.27. The molecule has 0 spiro atoms. The highest BCUT2D eigenvalue weighted by atomic mass is 32.1. The van der Waals surface area contributed by atoms with Crippen molar-refractivity contribution < 1.29 is 14.5 Å². The Morgan fingerprint density at radius 1 is 1.29 bits per heavy atom. The average Bonchev–Trinajstić information content (AvgIpc) is 2.59. The molecule has 0 saturated carbocycles. The number of hydrogen-bond donors (Lipinski definition) is 3. The molecule has 3 rings (SSSR count). The van der Waals surface area contributed by atoms with Crippen molar-refractivity contribution >= 4 is 29.7 Å². The van der Waals surface area contributed by atoms with Crippen molar-refractivity contribution in [2.45, 2.75) is 32.8 Å². The molecule has 0 radical (unpaired) electrons. The number of rotatable bonds is 4. The van der Waals surface area contributed by atoms with Gasteiger partial charge in [-0.2, -0.15) is 0 Å². The number of nitro benzene ring substituents is 1. The lowest BCUT2D eigenvalue weighted by Gasteiger charge is -2.29. The Bertz CT molecular complexity index is 1120. The van der Waals surface area contributed by atoms with E-state index in [1.807, 2.05) is 0 Å². The van der Waals surface area contributed by atoms with Gasteiger partial charge in [0.25, 0.3) is 11.2 Å². The van der Waals surface area contributed by atoms with E-state index in [-0.39, 0.29) is 33.0 Å². The number of aromatic amines is 2. The van der Waals surface area contributed by atoms with Crippen molar-refractivity contribution in [3.05, 3.63) is 71.9 Å². The molecule has 1 atom stereocenters. The number of nitrogens with zero attached hydrogens (tertiary/aromatic N) is 1. The van der Waals surface area contributed by atoms with Gasteiger partial charge in [0.05, 0.1) is 28.1 Å². The lowest BCUT2D eigenvalue weighted by Crippen LogP contribution is -2.32. The number of aromatic nitrogens is 2.